The molecule has 1 N–H and O–H groups in total. The molecule has 0 saturated heterocycles. The van der Waals surface area contributed by atoms with Gasteiger partial charge in [0.05, 0.1) is 6.61 Å². The second kappa shape index (κ2) is 7.68. The molecule has 2 unspecified atom stereocenters. The quantitative estimate of drug-likeness (QED) is 0.801. The van der Waals surface area contributed by atoms with E-state index in [1.54, 1.807) is 0 Å². The van der Waals surface area contributed by atoms with Crippen molar-refractivity contribution < 1.29 is 4.74 Å². The molecule has 20 heavy (non-hydrogen) atoms. The van der Waals surface area contributed by atoms with E-state index in [2.05, 4.69) is 43.4 Å². The van der Waals surface area contributed by atoms with Gasteiger partial charge in [-0.1, -0.05) is 44.9 Å². The fourth-order valence-corrected chi connectivity index (χ4v) is 3.34. The summed E-state index contributed by atoms with van der Waals surface area (Å²) in [7, 11) is 0. The van der Waals surface area contributed by atoms with Crippen molar-refractivity contribution in [1.29, 1.82) is 0 Å². The Morgan fingerprint density at radius 3 is 2.70 bits per heavy atom. The van der Waals surface area contributed by atoms with Gasteiger partial charge in [-0.3, -0.25) is 0 Å². The van der Waals surface area contributed by atoms with Crippen LogP contribution in [0.3, 0.4) is 0 Å². The van der Waals surface area contributed by atoms with Crippen LogP contribution in [0.2, 0.25) is 0 Å². The molecular weight excluding hydrogens is 246 g/mol. The normalized spacial score (nSPS) is 23.0. The predicted octanol–water partition coefficient (Wildman–Crippen LogP) is 4.85. The van der Waals surface area contributed by atoms with Crippen LogP contribution >= 0.6 is 0 Å². The average molecular weight is 275 g/mol. The van der Waals surface area contributed by atoms with E-state index in [1.807, 2.05) is 6.92 Å². The molecule has 2 heteroatoms. The Balaban J connectivity index is 2.07. The highest BCUT2D eigenvalue weighted by molar-refractivity contribution is 5.51. The van der Waals surface area contributed by atoms with Crippen LogP contribution in [0.25, 0.3) is 0 Å². The summed E-state index contributed by atoms with van der Waals surface area (Å²) >= 11 is 0. The summed E-state index contributed by atoms with van der Waals surface area (Å²) in [6.45, 7) is 8.24. The van der Waals surface area contributed by atoms with E-state index < -0.39 is 0 Å². The summed E-state index contributed by atoms with van der Waals surface area (Å²) in [6.07, 6.45) is 5.41. The minimum absolute atomic E-state index is 0.617. The van der Waals surface area contributed by atoms with Crippen LogP contribution in [0.4, 0.5) is 5.69 Å². The lowest BCUT2D eigenvalue weighted by atomic mass is 9.77. The predicted molar refractivity (Wildman–Crippen MR) is 86.0 cm³/mol. The number of benzene rings is 1. The summed E-state index contributed by atoms with van der Waals surface area (Å²) < 4.78 is 5.58. The van der Waals surface area contributed by atoms with Crippen LogP contribution < -0.4 is 5.32 Å². The first-order chi connectivity index (χ1) is 9.72. The summed E-state index contributed by atoms with van der Waals surface area (Å²) in [5, 5.41) is 3.81. The Morgan fingerprint density at radius 2 is 1.95 bits per heavy atom. The molecule has 1 aromatic rings. The lowest BCUT2D eigenvalue weighted by Gasteiger charge is -2.36. The van der Waals surface area contributed by atoms with Gasteiger partial charge < -0.3 is 10.1 Å². The third-order valence-corrected chi connectivity index (χ3v) is 4.50. The van der Waals surface area contributed by atoms with Crippen LogP contribution in [-0.2, 0) is 11.3 Å². The van der Waals surface area contributed by atoms with Crippen LogP contribution in [0.15, 0.2) is 24.3 Å². The largest absolute Gasteiger partial charge is 0.382 e. The fourth-order valence-electron chi connectivity index (χ4n) is 3.34. The molecule has 1 aliphatic carbocycles. The zero-order valence-corrected chi connectivity index (χ0v) is 13.2. The molecule has 0 heterocycles. The van der Waals surface area contributed by atoms with Crippen molar-refractivity contribution in [1.82, 2.24) is 0 Å². The van der Waals surface area contributed by atoms with Crippen molar-refractivity contribution in [2.45, 2.75) is 59.1 Å². The van der Waals surface area contributed by atoms with Gasteiger partial charge in [-0.15, -0.1) is 0 Å². The maximum absolute atomic E-state index is 5.58. The lowest BCUT2D eigenvalue weighted by Crippen LogP contribution is -2.35. The van der Waals surface area contributed by atoms with Crippen LogP contribution in [0, 0.1) is 11.8 Å². The molecule has 1 saturated carbocycles. The van der Waals surface area contributed by atoms with Gasteiger partial charge in [0.25, 0.3) is 0 Å². The Labute approximate surface area is 123 Å². The van der Waals surface area contributed by atoms with Crippen molar-refractivity contribution >= 4 is 5.69 Å². The third kappa shape index (κ3) is 3.99. The second-order valence-corrected chi connectivity index (χ2v) is 6.24. The fraction of sp³-hybridized carbons (Fsp3) is 0.667. The van der Waals surface area contributed by atoms with E-state index in [1.165, 1.54) is 36.9 Å². The first-order valence-corrected chi connectivity index (χ1v) is 8.14. The molecule has 1 aliphatic rings. The molecule has 1 fully saturated rings. The summed E-state index contributed by atoms with van der Waals surface area (Å²) in [5.41, 5.74) is 2.54. The number of ether oxygens (including phenoxy) is 1. The molecule has 2 nitrogen and oxygen atoms in total. The zero-order chi connectivity index (χ0) is 14.4. The number of nitrogens with one attached hydrogen (secondary N) is 1. The van der Waals surface area contributed by atoms with Crippen molar-refractivity contribution in [3.05, 3.63) is 29.8 Å². The van der Waals surface area contributed by atoms with Crippen LogP contribution in [0.1, 0.15) is 52.0 Å². The first-order valence-electron chi connectivity index (χ1n) is 8.14. The van der Waals surface area contributed by atoms with E-state index >= 15 is 0 Å². The number of hydrogen-bond acceptors (Lipinski definition) is 2. The van der Waals surface area contributed by atoms with Gasteiger partial charge in [0.2, 0.25) is 0 Å². The highest BCUT2D eigenvalue weighted by Crippen LogP contribution is 2.33. The number of anilines is 1. The van der Waals surface area contributed by atoms with Crippen molar-refractivity contribution in [3.8, 4) is 0 Å². The minimum Gasteiger partial charge on any atom is -0.382 e. The zero-order valence-electron chi connectivity index (χ0n) is 13.2. The van der Waals surface area contributed by atoms with Gasteiger partial charge in [0.1, 0.15) is 0 Å². The Hall–Kier alpha value is -1.02. The molecular formula is C18H29NO. The first kappa shape index (κ1) is 15.4. The Kier molecular flexibility index (Phi) is 5.90. The average Bonchev–Trinajstić information content (AvgIpc) is 2.47. The summed E-state index contributed by atoms with van der Waals surface area (Å²) in [6, 6.07) is 9.20. The molecule has 1 aromatic carbocycles. The second-order valence-electron chi connectivity index (χ2n) is 6.24. The van der Waals surface area contributed by atoms with Gasteiger partial charge in [-0.25, -0.2) is 0 Å². The maximum atomic E-state index is 5.58. The van der Waals surface area contributed by atoms with Gasteiger partial charge >= 0.3 is 0 Å². The number of hydrogen-bond donors (Lipinski definition) is 1. The molecule has 0 aliphatic heterocycles. The van der Waals surface area contributed by atoms with E-state index in [9.17, 15) is 0 Å². The SMILES string of the molecule is CCOCc1ccccc1NC1CCCCC1C(C)C. The third-order valence-electron chi connectivity index (χ3n) is 4.50. The van der Waals surface area contributed by atoms with Gasteiger partial charge in [0, 0.05) is 23.9 Å². The lowest BCUT2D eigenvalue weighted by molar-refractivity contribution is 0.134. The highest BCUT2D eigenvalue weighted by atomic mass is 16.5. The highest BCUT2D eigenvalue weighted by Gasteiger charge is 2.27. The van der Waals surface area contributed by atoms with Crippen molar-refractivity contribution in [2.24, 2.45) is 11.8 Å². The molecule has 0 bridgehead atoms. The van der Waals surface area contributed by atoms with E-state index in [0.29, 0.717) is 12.6 Å². The topological polar surface area (TPSA) is 21.3 Å². The minimum atomic E-state index is 0.617. The molecule has 0 spiro atoms. The van der Waals surface area contributed by atoms with E-state index in [0.717, 1.165) is 18.4 Å². The monoisotopic (exact) mass is 275 g/mol. The number of para-hydroxylation sites is 1. The van der Waals surface area contributed by atoms with Crippen LogP contribution in [0.5, 0.6) is 0 Å². The number of rotatable bonds is 6. The Bertz CT molecular complexity index is 402. The summed E-state index contributed by atoms with van der Waals surface area (Å²) in [5.74, 6) is 1.55. The maximum Gasteiger partial charge on any atom is 0.0736 e. The molecule has 2 rings (SSSR count). The van der Waals surface area contributed by atoms with Crippen molar-refractivity contribution in [2.75, 3.05) is 11.9 Å². The van der Waals surface area contributed by atoms with Gasteiger partial charge in [0.15, 0.2) is 0 Å². The molecule has 2 atom stereocenters. The van der Waals surface area contributed by atoms with Gasteiger partial charge in [-0.2, -0.15) is 0 Å². The molecule has 112 valence electrons. The standard InChI is InChI=1S/C18H29NO/c1-4-20-13-15-9-5-7-11-17(15)19-18-12-8-6-10-16(18)14(2)3/h5,7,9,11,14,16,18-19H,4,6,8,10,12-13H2,1-3H3. The Morgan fingerprint density at radius 1 is 1.20 bits per heavy atom. The summed E-state index contributed by atoms with van der Waals surface area (Å²) in [4.78, 5) is 0. The van der Waals surface area contributed by atoms with E-state index in [-0.39, 0.29) is 0 Å². The van der Waals surface area contributed by atoms with Crippen molar-refractivity contribution in [3.63, 3.8) is 0 Å². The smallest absolute Gasteiger partial charge is 0.0736 e. The molecule has 0 radical (unpaired) electrons. The molecule has 0 amide bonds. The van der Waals surface area contributed by atoms with Crippen LogP contribution in [-0.4, -0.2) is 12.6 Å². The molecule has 0 aromatic heterocycles. The van der Waals surface area contributed by atoms with E-state index in [4.69, 9.17) is 4.74 Å². The van der Waals surface area contributed by atoms with Gasteiger partial charge in [-0.05, 0) is 37.7 Å².